The molecule has 0 spiro atoms. The van der Waals surface area contributed by atoms with Crippen LogP contribution in [0.15, 0.2) is 53.4 Å². The molecule has 5 nitrogen and oxygen atoms in total. The minimum atomic E-state index is -2.99. The second-order valence-electron chi connectivity index (χ2n) is 4.73. The number of benzene rings is 2. The van der Waals surface area contributed by atoms with Crippen molar-refractivity contribution < 1.29 is 27.8 Å². The lowest BCUT2D eigenvalue weighted by molar-refractivity contribution is -0.119. The minimum absolute atomic E-state index is 0.00969. The zero-order valence-electron chi connectivity index (χ0n) is 13.2. The van der Waals surface area contributed by atoms with Crippen LogP contribution in [-0.4, -0.2) is 31.4 Å². The van der Waals surface area contributed by atoms with E-state index in [9.17, 15) is 18.4 Å². The maximum absolute atomic E-state index is 12.2. The Bertz CT molecular complexity index is 755. The van der Waals surface area contributed by atoms with E-state index in [2.05, 4.69) is 10.1 Å². The molecule has 25 heavy (non-hydrogen) atoms. The summed E-state index contributed by atoms with van der Waals surface area (Å²) in [5.41, 5.74) is 0.624. The molecule has 1 amide bonds. The zero-order chi connectivity index (χ0) is 18.2. The predicted molar refractivity (Wildman–Crippen MR) is 90.2 cm³/mol. The molecule has 2 rings (SSSR count). The average Bonchev–Trinajstić information content (AvgIpc) is 2.60. The molecule has 1 N–H and O–H groups in total. The number of nitrogens with one attached hydrogen (secondary N) is 1. The number of halogens is 2. The third kappa shape index (κ3) is 5.75. The van der Waals surface area contributed by atoms with Gasteiger partial charge < -0.3 is 14.8 Å². The molecule has 0 unspecified atom stereocenters. The molecule has 0 saturated carbocycles. The molecule has 8 heteroatoms. The molecule has 0 bridgehead atoms. The number of esters is 1. The van der Waals surface area contributed by atoms with Crippen molar-refractivity contribution in [2.24, 2.45) is 0 Å². The molecule has 0 aliphatic carbocycles. The van der Waals surface area contributed by atoms with Gasteiger partial charge in [-0.2, -0.15) is 8.78 Å². The summed E-state index contributed by atoms with van der Waals surface area (Å²) in [6, 6.07) is 12.4. The molecule has 2 aromatic carbocycles. The summed E-state index contributed by atoms with van der Waals surface area (Å²) in [4.78, 5) is 24.7. The van der Waals surface area contributed by atoms with Gasteiger partial charge in [-0.05, 0) is 36.6 Å². The van der Waals surface area contributed by atoms with Crippen molar-refractivity contribution >= 4 is 29.3 Å². The Labute approximate surface area is 147 Å². The van der Waals surface area contributed by atoms with E-state index >= 15 is 0 Å². The van der Waals surface area contributed by atoms with Gasteiger partial charge in [0.05, 0.1) is 11.3 Å². The Morgan fingerprint density at radius 2 is 1.92 bits per heavy atom. The van der Waals surface area contributed by atoms with Crippen LogP contribution in [0.5, 0.6) is 5.75 Å². The normalized spacial score (nSPS) is 10.4. The summed E-state index contributed by atoms with van der Waals surface area (Å²) < 4.78 is 33.5. The number of anilines is 1. The first-order valence-electron chi connectivity index (χ1n) is 7.14. The molecule has 0 fully saturated rings. The Balaban J connectivity index is 1.92. The maximum atomic E-state index is 12.2. The van der Waals surface area contributed by atoms with E-state index in [4.69, 9.17) is 4.74 Å². The minimum Gasteiger partial charge on any atom is -0.452 e. The Hall–Kier alpha value is -2.61. The van der Waals surface area contributed by atoms with Crippen LogP contribution in [0.25, 0.3) is 0 Å². The highest BCUT2D eigenvalue weighted by molar-refractivity contribution is 7.98. The van der Waals surface area contributed by atoms with Gasteiger partial charge in [0.15, 0.2) is 6.61 Å². The largest absolute Gasteiger partial charge is 0.452 e. The fourth-order valence-corrected chi connectivity index (χ4v) is 2.50. The molecule has 0 aliphatic heterocycles. The molecule has 0 radical (unpaired) electrons. The first-order chi connectivity index (χ1) is 12.0. The molecular formula is C17H15F2NO4S. The van der Waals surface area contributed by atoms with Crippen molar-refractivity contribution in [3.05, 3.63) is 54.1 Å². The van der Waals surface area contributed by atoms with Gasteiger partial charge in [-0.1, -0.05) is 18.2 Å². The van der Waals surface area contributed by atoms with Crippen LogP contribution in [0, 0.1) is 0 Å². The fraction of sp³-hybridized carbons (Fsp3) is 0.176. The van der Waals surface area contributed by atoms with Crippen LogP contribution in [0.2, 0.25) is 0 Å². The van der Waals surface area contributed by atoms with Gasteiger partial charge in [0.1, 0.15) is 5.75 Å². The van der Waals surface area contributed by atoms with Gasteiger partial charge in [0.25, 0.3) is 5.91 Å². The highest BCUT2D eigenvalue weighted by atomic mass is 32.2. The highest BCUT2D eigenvalue weighted by Gasteiger charge is 2.13. The number of amides is 1. The molecule has 132 valence electrons. The Morgan fingerprint density at radius 1 is 1.16 bits per heavy atom. The smallest absolute Gasteiger partial charge is 0.387 e. The Morgan fingerprint density at radius 3 is 2.64 bits per heavy atom. The van der Waals surface area contributed by atoms with Crippen LogP contribution in [0.3, 0.4) is 0 Å². The van der Waals surface area contributed by atoms with E-state index in [0.717, 1.165) is 11.0 Å². The van der Waals surface area contributed by atoms with Crippen LogP contribution in [0.1, 0.15) is 10.4 Å². The van der Waals surface area contributed by atoms with Crippen molar-refractivity contribution in [2.75, 3.05) is 18.2 Å². The van der Waals surface area contributed by atoms with Gasteiger partial charge >= 0.3 is 12.6 Å². The average molecular weight is 367 g/mol. The third-order valence-electron chi connectivity index (χ3n) is 3.01. The summed E-state index contributed by atoms with van der Waals surface area (Å²) >= 11 is 1.47. The van der Waals surface area contributed by atoms with Gasteiger partial charge in [-0.3, -0.25) is 4.79 Å². The summed E-state index contributed by atoms with van der Waals surface area (Å²) in [6.45, 7) is -3.49. The van der Waals surface area contributed by atoms with E-state index in [1.807, 2.05) is 18.4 Å². The molecule has 2 aromatic rings. The monoisotopic (exact) mass is 367 g/mol. The van der Waals surface area contributed by atoms with Gasteiger partial charge in [-0.15, -0.1) is 11.8 Å². The van der Waals surface area contributed by atoms with Gasteiger partial charge in [0.2, 0.25) is 0 Å². The Kier molecular flexibility index (Phi) is 6.76. The van der Waals surface area contributed by atoms with Crippen molar-refractivity contribution in [1.82, 2.24) is 0 Å². The van der Waals surface area contributed by atoms with E-state index in [1.54, 1.807) is 12.1 Å². The summed E-state index contributed by atoms with van der Waals surface area (Å²) in [5, 5.41) is 2.64. The van der Waals surface area contributed by atoms with Crippen LogP contribution in [-0.2, 0) is 9.53 Å². The second kappa shape index (κ2) is 9.03. The zero-order valence-corrected chi connectivity index (χ0v) is 14.0. The number of hydrogen-bond donors (Lipinski definition) is 1. The molecule has 0 aromatic heterocycles. The molecule has 0 saturated heterocycles. The molecular weight excluding hydrogens is 352 g/mol. The molecule has 0 aliphatic rings. The van der Waals surface area contributed by atoms with Crippen molar-refractivity contribution in [1.29, 1.82) is 0 Å². The summed E-state index contributed by atoms with van der Waals surface area (Å²) in [7, 11) is 0. The van der Waals surface area contributed by atoms with Gasteiger partial charge in [-0.25, -0.2) is 4.79 Å². The lowest BCUT2D eigenvalue weighted by Crippen LogP contribution is -2.21. The van der Waals surface area contributed by atoms with E-state index in [1.165, 1.54) is 30.0 Å². The standard InChI is InChI=1S/C17H15F2NO4S/c1-25-14-8-3-2-7-13(14)20-15(21)10-23-16(22)11-5-4-6-12(9-11)24-17(18)19/h2-9,17H,10H2,1H3,(H,20,21). The number of para-hydroxylation sites is 1. The van der Waals surface area contributed by atoms with Gasteiger partial charge in [0, 0.05) is 4.90 Å². The van der Waals surface area contributed by atoms with Crippen LogP contribution < -0.4 is 10.1 Å². The number of carbonyl (C=O) groups excluding carboxylic acids is 2. The number of carbonyl (C=O) groups is 2. The predicted octanol–water partition coefficient (Wildman–Crippen LogP) is 3.81. The SMILES string of the molecule is CSc1ccccc1NC(=O)COC(=O)c1cccc(OC(F)F)c1. The summed E-state index contributed by atoms with van der Waals surface area (Å²) in [6.07, 6.45) is 1.87. The van der Waals surface area contributed by atoms with Crippen molar-refractivity contribution in [3.8, 4) is 5.75 Å². The number of alkyl halides is 2. The second-order valence-corrected chi connectivity index (χ2v) is 5.58. The molecule has 0 heterocycles. The van der Waals surface area contributed by atoms with Crippen LogP contribution in [0.4, 0.5) is 14.5 Å². The first-order valence-corrected chi connectivity index (χ1v) is 8.37. The quantitative estimate of drug-likeness (QED) is 0.596. The summed E-state index contributed by atoms with van der Waals surface area (Å²) in [5.74, 6) is -1.48. The van der Waals surface area contributed by atoms with Crippen molar-refractivity contribution in [2.45, 2.75) is 11.5 Å². The number of thioether (sulfide) groups is 1. The number of rotatable bonds is 7. The first kappa shape index (κ1) is 18.7. The maximum Gasteiger partial charge on any atom is 0.387 e. The van der Waals surface area contributed by atoms with E-state index < -0.39 is 25.1 Å². The molecule has 0 atom stereocenters. The fourth-order valence-electron chi connectivity index (χ4n) is 1.95. The lowest BCUT2D eigenvalue weighted by Gasteiger charge is -2.10. The van der Waals surface area contributed by atoms with E-state index in [-0.39, 0.29) is 11.3 Å². The van der Waals surface area contributed by atoms with Crippen molar-refractivity contribution in [3.63, 3.8) is 0 Å². The number of ether oxygens (including phenoxy) is 2. The topological polar surface area (TPSA) is 64.6 Å². The highest BCUT2D eigenvalue weighted by Crippen LogP contribution is 2.24. The van der Waals surface area contributed by atoms with E-state index in [0.29, 0.717) is 5.69 Å². The third-order valence-corrected chi connectivity index (χ3v) is 3.81. The van der Waals surface area contributed by atoms with Crippen LogP contribution >= 0.6 is 11.8 Å². The lowest BCUT2D eigenvalue weighted by atomic mass is 10.2. The number of hydrogen-bond acceptors (Lipinski definition) is 5.